The lowest BCUT2D eigenvalue weighted by Crippen LogP contribution is -2.17. The molecule has 6 heteroatoms. The number of carbonyl (C=O) groups excluding carboxylic acids is 2. The van der Waals surface area contributed by atoms with Crippen molar-refractivity contribution in [2.24, 2.45) is 5.73 Å². The van der Waals surface area contributed by atoms with E-state index in [1.807, 2.05) is 19.1 Å². The van der Waals surface area contributed by atoms with Gasteiger partial charge in [-0.3, -0.25) is 9.59 Å². The molecule has 0 atom stereocenters. The van der Waals surface area contributed by atoms with Crippen LogP contribution in [0, 0.1) is 6.92 Å². The summed E-state index contributed by atoms with van der Waals surface area (Å²) in [4.78, 5) is 27.8. The molecule has 0 saturated heterocycles. The van der Waals surface area contributed by atoms with Gasteiger partial charge in [-0.1, -0.05) is 17.7 Å². The highest BCUT2D eigenvalue weighted by Crippen LogP contribution is 2.29. The van der Waals surface area contributed by atoms with Gasteiger partial charge in [-0.25, -0.2) is 4.98 Å². The fourth-order valence-corrected chi connectivity index (χ4v) is 2.12. The van der Waals surface area contributed by atoms with Crippen LogP contribution in [0.25, 0.3) is 11.1 Å². The maximum absolute atomic E-state index is 12.3. The predicted molar refractivity (Wildman–Crippen MR) is 81.7 cm³/mol. The Hall–Kier alpha value is -3.15. The molecule has 3 N–H and O–H groups in total. The topological polar surface area (TPSA) is 98.2 Å². The first kappa shape index (κ1) is 13.8. The second kappa shape index (κ2) is 5.33. The number of nitrogens with one attached hydrogen (secondary N) is 1. The summed E-state index contributed by atoms with van der Waals surface area (Å²) in [5, 5.41) is 3.20. The number of carbonyl (C=O) groups is 2. The van der Waals surface area contributed by atoms with E-state index in [1.165, 1.54) is 6.20 Å². The predicted octanol–water partition coefficient (Wildman–Crippen LogP) is 2.49. The lowest BCUT2D eigenvalue weighted by atomic mass is 10.1. The van der Waals surface area contributed by atoms with Crippen LogP contribution in [-0.2, 0) is 0 Å². The van der Waals surface area contributed by atoms with Crippen molar-refractivity contribution in [2.75, 3.05) is 5.32 Å². The van der Waals surface area contributed by atoms with Crippen molar-refractivity contribution in [3.63, 3.8) is 0 Å². The molecule has 0 bridgehead atoms. The first-order valence-electron chi connectivity index (χ1n) is 6.61. The first-order chi connectivity index (χ1) is 10.6. The number of fused-ring (bicyclic) bond motifs is 1. The van der Waals surface area contributed by atoms with Gasteiger partial charge < -0.3 is 15.5 Å². The summed E-state index contributed by atoms with van der Waals surface area (Å²) in [6, 6.07) is 10.5. The number of hydrogen-bond donors (Lipinski definition) is 2. The van der Waals surface area contributed by atoms with Gasteiger partial charge >= 0.3 is 0 Å². The van der Waals surface area contributed by atoms with E-state index in [0.717, 1.165) is 5.56 Å². The number of aryl methyl sites for hydroxylation is 1. The highest BCUT2D eigenvalue weighted by atomic mass is 16.4. The third-order valence-electron chi connectivity index (χ3n) is 3.24. The van der Waals surface area contributed by atoms with E-state index in [2.05, 4.69) is 10.3 Å². The molecule has 3 aromatic rings. The molecule has 22 heavy (non-hydrogen) atoms. The summed E-state index contributed by atoms with van der Waals surface area (Å²) in [5.74, 6) is -1.24. The number of primary amides is 1. The van der Waals surface area contributed by atoms with E-state index < -0.39 is 5.91 Å². The summed E-state index contributed by atoms with van der Waals surface area (Å²) in [7, 11) is 0. The van der Waals surface area contributed by atoms with E-state index in [4.69, 9.17) is 10.2 Å². The van der Waals surface area contributed by atoms with Crippen molar-refractivity contribution >= 4 is 28.6 Å². The Kier molecular flexibility index (Phi) is 3.34. The molecule has 2 heterocycles. The number of nitrogens with two attached hydrogens (primary N) is 1. The Morgan fingerprint density at radius 3 is 2.59 bits per heavy atom. The monoisotopic (exact) mass is 295 g/mol. The third kappa shape index (κ3) is 2.42. The number of nitrogens with zero attached hydrogens (tertiary/aromatic N) is 1. The number of anilines is 1. The number of benzene rings is 1. The van der Waals surface area contributed by atoms with Gasteiger partial charge in [0.25, 0.3) is 11.8 Å². The summed E-state index contributed by atoms with van der Waals surface area (Å²) < 4.78 is 5.32. The summed E-state index contributed by atoms with van der Waals surface area (Å²) in [5.41, 5.74) is 7.30. The average molecular weight is 295 g/mol. The number of furan rings is 1. The summed E-state index contributed by atoms with van der Waals surface area (Å²) >= 11 is 0. The van der Waals surface area contributed by atoms with Crippen LogP contribution < -0.4 is 11.1 Å². The Bertz CT molecular complexity index is 866. The van der Waals surface area contributed by atoms with Crippen molar-refractivity contribution < 1.29 is 14.0 Å². The number of amides is 2. The summed E-state index contributed by atoms with van der Waals surface area (Å²) in [6.45, 7) is 1.93. The van der Waals surface area contributed by atoms with Crippen LogP contribution in [0.1, 0.15) is 26.5 Å². The molecule has 6 nitrogen and oxygen atoms in total. The first-order valence-corrected chi connectivity index (χ1v) is 6.61. The number of rotatable bonds is 3. The molecular weight excluding hydrogens is 282 g/mol. The van der Waals surface area contributed by atoms with Gasteiger partial charge in [-0.05, 0) is 31.2 Å². The van der Waals surface area contributed by atoms with E-state index in [1.54, 1.807) is 24.3 Å². The van der Waals surface area contributed by atoms with Crippen LogP contribution in [0.5, 0.6) is 0 Å². The number of pyridine rings is 1. The lowest BCUT2D eigenvalue weighted by molar-refractivity contribution is 0.0977. The molecule has 0 unspecified atom stereocenters. The maximum Gasteiger partial charge on any atom is 0.286 e. The molecule has 0 aliphatic rings. The van der Waals surface area contributed by atoms with Crippen molar-refractivity contribution in [3.8, 4) is 0 Å². The van der Waals surface area contributed by atoms with Gasteiger partial charge in [0.1, 0.15) is 5.69 Å². The van der Waals surface area contributed by atoms with Gasteiger partial charge in [0.15, 0.2) is 0 Å². The zero-order valence-corrected chi connectivity index (χ0v) is 11.8. The maximum atomic E-state index is 12.3. The molecule has 0 spiro atoms. The quantitative estimate of drug-likeness (QED) is 0.775. The van der Waals surface area contributed by atoms with Crippen LogP contribution in [0.4, 0.5) is 5.69 Å². The van der Waals surface area contributed by atoms with Crippen molar-refractivity contribution in [2.45, 2.75) is 6.92 Å². The molecule has 0 radical (unpaired) electrons. The zero-order valence-electron chi connectivity index (χ0n) is 11.8. The number of hydrogen-bond acceptors (Lipinski definition) is 4. The van der Waals surface area contributed by atoms with E-state index in [9.17, 15) is 9.59 Å². The molecule has 110 valence electrons. The smallest absolute Gasteiger partial charge is 0.286 e. The SMILES string of the molecule is Cc1ccc(C(=O)Nc2c(C(N)=O)oc3ncccc23)cc1. The fraction of sp³-hybridized carbons (Fsp3) is 0.0625. The Labute approximate surface area is 125 Å². The van der Waals surface area contributed by atoms with Crippen molar-refractivity contribution in [3.05, 3.63) is 59.5 Å². The molecule has 0 aliphatic carbocycles. The Morgan fingerprint density at radius 2 is 1.91 bits per heavy atom. The molecule has 0 aliphatic heterocycles. The summed E-state index contributed by atoms with van der Waals surface area (Å²) in [6.07, 6.45) is 1.53. The Morgan fingerprint density at radius 1 is 1.18 bits per heavy atom. The molecule has 2 amide bonds. The minimum absolute atomic E-state index is 0.117. The minimum Gasteiger partial charge on any atom is -0.430 e. The lowest BCUT2D eigenvalue weighted by Gasteiger charge is -2.05. The fourth-order valence-electron chi connectivity index (χ4n) is 2.12. The number of aromatic nitrogens is 1. The largest absolute Gasteiger partial charge is 0.430 e. The second-order valence-electron chi connectivity index (χ2n) is 4.85. The second-order valence-corrected chi connectivity index (χ2v) is 4.85. The molecule has 3 rings (SSSR count). The molecule has 0 fully saturated rings. The van der Waals surface area contributed by atoms with E-state index >= 15 is 0 Å². The zero-order chi connectivity index (χ0) is 15.7. The van der Waals surface area contributed by atoms with Gasteiger partial charge in [0.2, 0.25) is 11.5 Å². The van der Waals surface area contributed by atoms with Crippen LogP contribution in [0.3, 0.4) is 0 Å². The van der Waals surface area contributed by atoms with E-state index in [0.29, 0.717) is 10.9 Å². The van der Waals surface area contributed by atoms with Crippen LogP contribution in [0.15, 0.2) is 47.0 Å². The van der Waals surface area contributed by atoms with Gasteiger partial charge in [-0.15, -0.1) is 0 Å². The van der Waals surface area contributed by atoms with Gasteiger partial charge in [-0.2, -0.15) is 0 Å². The standard InChI is InChI=1S/C16H13N3O3/c1-9-4-6-10(7-5-9)15(21)19-12-11-3-2-8-18-16(11)22-13(12)14(17)20/h2-8H,1H3,(H2,17,20)(H,19,21). The minimum atomic E-state index is -0.766. The van der Waals surface area contributed by atoms with Gasteiger partial charge in [0, 0.05) is 11.8 Å². The van der Waals surface area contributed by atoms with E-state index in [-0.39, 0.29) is 23.1 Å². The van der Waals surface area contributed by atoms with Crippen LogP contribution in [0.2, 0.25) is 0 Å². The molecular formula is C16H13N3O3. The van der Waals surface area contributed by atoms with Crippen molar-refractivity contribution in [1.82, 2.24) is 4.98 Å². The Balaban J connectivity index is 2.02. The van der Waals surface area contributed by atoms with Crippen molar-refractivity contribution in [1.29, 1.82) is 0 Å². The molecule has 0 saturated carbocycles. The third-order valence-corrected chi connectivity index (χ3v) is 3.24. The highest BCUT2D eigenvalue weighted by molar-refractivity contribution is 6.13. The highest BCUT2D eigenvalue weighted by Gasteiger charge is 2.21. The molecule has 1 aromatic carbocycles. The van der Waals surface area contributed by atoms with Crippen LogP contribution in [-0.4, -0.2) is 16.8 Å². The van der Waals surface area contributed by atoms with Crippen LogP contribution >= 0.6 is 0 Å². The van der Waals surface area contributed by atoms with Gasteiger partial charge in [0.05, 0.1) is 5.39 Å². The average Bonchev–Trinajstić information content (AvgIpc) is 2.87. The molecule has 2 aromatic heterocycles. The normalized spacial score (nSPS) is 10.6.